The average molecular weight is 394 g/mol. The van der Waals surface area contributed by atoms with E-state index in [0.29, 0.717) is 17.9 Å². The lowest BCUT2D eigenvalue weighted by Gasteiger charge is -2.24. The number of sulfone groups is 1. The fourth-order valence-corrected chi connectivity index (χ4v) is 5.48. The number of nitrogens with zero attached hydrogens (tertiary/aromatic N) is 1. The van der Waals surface area contributed by atoms with Crippen molar-refractivity contribution in [3.8, 4) is 0 Å². The first kappa shape index (κ1) is 18.9. The summed E-state index contributed by atoms with van der Waals surface area (Å²) in [6.45, 7) is 0.581. The summed E-state index contributed by atoms with van der Waals surface area (Å²) in [5, 5.41) is 0. The molecule has 1 unspecified atom stereocenters. The van der Waals surface area contributed by atoms with Gasteiger partial charge in [-0.1, -0.05) is 18.2 Å². The second-order valence-electron chi connectivity index (χ2n) is 6.22. The highest BCUT2D eigenvalue weighted by molar-refractivity contribution is 8.00. The van der Waals surface area contributed by atoms with Gasteiger partial charge < -0.3 is 4.90 Å². The lowest BCUT2D eigenvalue weighted by Crippen LogP contribution is -2.40. The monoisotopic (exact) mass is 393 g/mol. The van der Waals surface area contributed by atoms with Gasteiger partial charge in [-0.3, -0.25) is 4.79 Å². The van der Waals surface area contributed by atoms with Crippen LogP contribution in [0, 0.1) is 5.82 Å². The summed E-state index contributed by atoms with van der Waals surface area (Å²) in [7, 11) is -3.42. The summed E-state index contributed by atoms with van der Waals surface area (Å²) in [5.41, 5.74) is 0. The fourth-order valence-electron chi connectivity index (χ4n) is 3.07. The smallest absolute Gasteiger partial charge is 0.233 e. The van der Waals surface area contributed by atoms with E-state index in [1.807, 2.05) is 0 Å². The van der Waals surface area contributed by atoms with Crippen molar-refractivity contribution in [1.82, 2.24) is 4.90 Å². The number of halogens is 1. The molecule has 4 nitrogen and oxygen atoms in total. The highest BCUT2D eigenvalue weighted by atomic mass is 32.2. The van der Waals surface area contributed by atoms with Gasteiger partial charge in [-0.25, -0.2) is 12.8 Å². The molecule has 0 aromatic heterocycles. The molecular formula is C19H20FNO3S2. The molecule has 1 saturated heterocycles. The summed E-state index contributed by atoms with van der Waals surface area (Å²) in [5.74, 6) is -0.228. The molecule has 0 N–H and O–H groups in total. The summed E-state index contributed by atoms with van der Waals surface area (Å²) in [6, 6.07) is 14.0. The third-order valence-electron chi connectivity index (χ3n) is 4.39. The van der Waals surface area contributed by atoms with E-state index in [0.717, 1.165) is 11.3 Å². The standard InChI is InChI=1S/C19H20FNO3S2/c20-15-8-10-17(11-9-15)25-13-19(22)21-12-4-5-16(21)14-26(23,24)18-6-2-1-3-7-18/h1-3,6-11,16H,4-5,12-14H2. The van der Waals surface area contributed by atoms with Crippen LogP contribution in [-0.2, 0) is 14.6 Å². The van der Waals surface area contributed by atoms with Gasteiger partial charge in [0.05, 0.1) is 16.4 Å². The number of amides is 1. The molecule has 0 saturated carbocycles. The second-order valence-corrected chi connectivity index (χ2v) is 9.30. The summed E-state index contributed by atoms with van der Waals surface area (Å²) >= 11 is 1.33. The third kappa shape index (κ3) is 4.65. The van der Waals surface area contributed by atoms with E-state index >= 15 is 0 Å². The third-order valence-corrected chi connectivity index (χ3v) is 7.20. The number of hydrogen-bond donors (Lipinski definition) is 0. The van der Waals surface area contributed by atoms with Crippen molar-refractivity contribution in [2.24, 2.45) is 0 Å². The van der Waals surface area contributed by atoms with E-state index in [1.165, 1.54) is 23.9 Å². The van der Waals surface area contributed by atoms with Crippen LogP contribution in [0.1, 0.15) is 12.8 Å². The molecule has 3 rings (SSSR count). The maximum Gasteiger partial charge on any atom is 0.233 e. The van der Waals surface area contributed by atoms with Crippen LogP contribution in [0.15, 0.2) is 64.4 Å². The molecule has 0 bridgehead atoms. The van der Waals surface area contributed by atoms with Gasteiger partial charge in [-0.15, -0.1) is 11.8 Å². The van der Waals surface area contributed by atoms with Crippen molar-refractivity contribution >= 4 is 27.5 Å². The first-order valence-electron chi connectivity index (χ1n) is 8.41. The average Bonchev–Trinajstić information content (AvgIpc) is 3.09. The minimum Gasteiger partial charge on any atom is -0.338 e. The molecule has 1 aliphatic heterocycles. The van der Waals surface area contributed by atoms with Gasteiger partial charge in [0.25, 0.3) is 0 Å². The van der Waals surface area contributed by atoms with Crippen LogP contribution < -0.4 is 0 Å². The van der Waals surface area contributed by atoms with Crippen molar-refractivity contribution < 1.29 is 17.6 Å². The van der Waals surface area contributed by atoms with E-state index in [-0.39, 0.29) is 29.3 Å². The molecule has 2 aromatic rings. The molecule has 1 fully saturated rings. The van der Waals surface area contributed by atoms with Crippen LogP contribution in [0.5, 0.6) is 0 Å². The number of hydrogen-bond acceptors (Lipinski definition) is 4. The minimum absolute atomic E-state index is 0.0516. The van der Waals surface area contributed by atoms with Gasteiger partial charge in [0.15, 0.2) is 9.84 Å². The van der Waals surface area contributed by atoms with Gasteiger partial charge in [0, 0.05) is 17.5 Å². The van der Waals surface area contributed by atoms with Gasteiger partial charge >= 0.3 is 0 Å². The molecule has 1 amide bonds. The number of likely N-dealkylation sites (tertiary alicyclic amines) is 1. The van der Waals surface area contributed by atoms with Crippen LogP contribution in [0.3, 0.4) is 0 Å². The van der Waals surface area contributed by atoms with E-state index in [4.69, 9.17) is 0 Å². The van der Waals surface area contributed by atoms with Crippen LogP contribution in [0.2, 0.25) is 0 Å². The van der Waals surface area contributed by atoms with Gasteiger partial charge in [-0.05, 0) is 49.2 Å². The zero-order chi connectivity index (χ0) is 18.6. The first-order valence-corrected chi connectivity index (χ1v) is 11.1. The van der Waals surface area contributed by atoms with Crippen LogP contribution >= 0.6 is 11.8 Å². The molecule has 1 aliphatic rings. The van der Waals surface area contributed by atoms with Gasteiger partial charge in [0.2, 0.25) is 5.91 Å². The second kappa shape index (κ2) is 8.22. The number of carbonyl (C=O) groups is 1. The highest BCUT2D eigenvalue weighted by Crippen LogP contribution is 2.25. The topological polar surface area (TPSA) is 54.5 Å². The Kier molecular flexibility index (Phi) is 5.98. The first-order chi connectivity index (χ1) is 12.5. The molecule has 138 valence electrons. The van der Waals surface area contributed by atoms with E-state index in [2.05, 4.69) is 0 Å². The molecule has 0 aliphatic carbocycles. The highest BCUT2D eigenvalue weighted by Gasteiger charge is 2.32. The molecule has 2 aromatic carbocycles. The normalized spacial score (nSPS) is 17.4. The molecule has 1 heterocycles. The maximum atomic E-state index is 12.9. The zero-order valence-corrected chi connectivity index (χ0v) is 15.8. The van der Waals surface area contributed by atoms with Crippen molar-refractivity contribution in [3.63, 3.8) is 0 Å². The Morgan fingerprint density at radius 3 is 2.50 bits per heavy atom. The molecule has 7 heteroatoms. The maximum absolute atomic E-state index is 12.9. The number of benzene rings is 2. The summed E-state index contributed by atoms with van der Waals surface area (Å²) < 4.78 is 38.1. The Bertz CT molecular complexity index is 854. The summed E-state index contributed by atoms with van der Waals surface area (Å²) in [4.78, 5) is 15.3. The number of thioether (sulfide) groups is 1. The Morgan fingerprint density at radius 1 is 1.12 bits per heavy atom. The Labute approximate surface area is 157 Å². The molecule has 1 atom stereocenters. The molecule has 26 heavy (non-hydrogen) atoms. The number of rotatable bonds is 6. The Morgan fingerprint density at radius 2 is 1.81 bits per heavy atom. The summed E-state index contributed by atoms with van der Waals surface area (Å²) in [6.07, 6.45) is 1.50. The van der Waals surface area contributed by atoms with E-state index < -0.39 is 9.84 Å². The predicted octanol–water partition coefficient (Wildman–Crippen LogP) is 3.38. The SMILES string of the molecule is O=C(CSc1ccc(F)cc1)N1CCCC1CS(=O)(=O)c1ccccc1. The van der Waals surface area contributed by atoms with Crippen LogP contribution in [0.25, 0.3) is 0 Å². The zero-order valence-electron chi connectivity index (χ0n) is 14.2. The predicted molar refractivity (Wildman–Crippen MR) is 100 cm³/mol. The van der Waals surface area contributed by atoms with Crippen molar-refractivity contribution in [3.05, 3.63) is 60.4 Å². The molecule has 0 spiro atoms. The van der Waals surface area contributed by atoms with Crippen molar-refractivity contribution in [2.75, 3.05) is 18.1 Å². The van der Waals surface area contributed by atoms with Crippen LogP contribution in [-0.4, -0.2) is 43.3 Å². The van der Waals surface area contributed by atoms with E-state index in [1.54, 1.807) is 47.4 Å². The lowest BCUT2D eigenvalue weighted by molar-refractivity contribution is -0.128. The Hall–Kier alpha value is -1.86. The lowest BCUT2D eigenvalue weighted by atomic mass is 10.2. The van der Waals surface area contributed by atoms with Gasteiger partial charge in [-0.2, -0.15) is 0 Å². The Balaban J connectivity index is 1.62. The van der Waals surface area contributed by atoms with Crippen LogP contribution in [0.4, 0.5) is 4.39 Å². The quantitative estimate of drug-likeness (QED) is 0.706. The number of carbonyl (C=O) groups excluding carboxylic acids is 1. The largest absolute Gasteiger partial charge is 0.338 e. The molecule has 0 radical (unpaired) electrons. The van der Waals surface area contributed by atoms with Gasteiger partial charge in [0.1, 0.15) is 5.82 Å². The minimum atomic E-state index is -3.42. The van der Waals surface area contributed by atoms with E-state index in [9.17, 15) is 17.6 Å². The molecular weight excluding hydrogens is 373 g/mol. The fraction of sp³-hybridized carbons (Fsp3) is 0.316. The van der Waals surface area contributed by atoms with Crippen molar-refractivity contribution in [2.45, 2.75) is 28.7 Å². The van der Waals surface area contributed by atoms with Crippen molar-refractivity contribution in [1.29, 1.82) is 0 Å².